The quantitative estimate of drug-likeness (QED) is 0.448. The minimum atomic E-state index is -0.557. The van der Waals surface area contributed by atoms with Crippen LogP contribution in [0, 0.1) is 0 Å². The third-order valence-corrected chi connectivity index (χ3v) is 4.07. The smallest absolute Gasteiger partial charge is 0.200 e. The molecule has 0 spiro atoms. The number of fused-ring (bicyclic) bond motifs is 2. The van der Waals surface area contributed by atoms with E-state index in [4.69, 9.17) is 5.11 Å². The molecule has 7 nitrogen and oxygen atoms in total. The molecule has 7 heteroatoms. The van der Waals surface area contributed by atoms with E-state index in [-0.39, 0.29) is 46.9 Å². The summed E-state index contributed by atoms with van der Waals surface area (Å²) in [7, 11) is 0. The van der Waals surface area contributed by atoms with Crippen molar-refractivity contribution in [2.75, 3.05) is 30.3 Å². The van der Waals surface area contributed by atoms with Crippen LogP contribution in [-0.2, 0) is 0 Å². The maximum Gasteiger partial charge on any atom is 0.200 e. The van der Waals surface area contributed by atoms with Crippen molar-refractivity contribution < 1.29 is 24.9 Å². The van der Waals surface area contributed by atoms with Crippen molar-refractivity contribution >= 4 is 22.9 Å². The predicted molar refractivity (Wildman–Crippen MR) is 92.8 cm³/mol. The zero-order valence-electron chi connectivity index (χ0n) is 13.6. The van der Waals surface area contributed by atoms with Gasteiger partial charge in [-0.15, -0.1) is 0 Å². The Morgan fingerprint density at radius 1 is 0.800 bits per heavy atom. The third kappa shape index (κ3) is 2.58. The van der Waals surface area contributed by atoms with E-state index < -0.39 is 11.6 Å². The molecule has 0 saturated carbocycles. The molecule has 0 atom stereocenters. The lowest BCUT2D eigenvalue weighted by Crippen LogP contribution is -2.25. The van der Waals surface area contributed by atoms with Crippen molar-refractivity contribution in [3.63, 3.8) is 0 Å². The Kier molecular flexibility index (Phi) is 4.33. The molecule has 130 valence electrons. The van der Waals surface area contributed by atoms with E-state index in [1.807, 2.05) is 6.92 Å². The molecule has 25 heavy (non-hydrogen) atoms. The maximum atomic E-state index is 13.0. The van der Waals surface area contributed by atoms with Gasteiger partial charge in [0.2, 0.25) is 11.6 Å². The van der Waals surface area contributed by atoms with Gasteiger partial charge in [0.25, 0.3) is 0 Å². The standard InChI is InChI=1S/C18H18N2O5/c1-2-19-9-3-5-11(22)15-13(9)17(24)16-12(23)6-4-10(20-7-8-21)14(16)18(15)25/h3-6,19-23H,2,7-8H2,1H3. The number of carbonyl (C=O) groups is 2. The van der Waals surface area contributed by atoms with Gasteiger partial charge in [0, 0.05) is 24.5 Å². The molecule has 0 radical (unpaired) electrons. The Hall–Kier alpha value is -3.06. The Labute approximate surface area is 143 Å². The average molecular weight is 342 g/mol. The topological polar surface area (TPSA) is 119 Å². The van der Waals surface area contributed by atoms with Gasteiger partial charge in [-0.05, 0) is 31.2 Å². The van der Waals surface area contributed by atoms with E-state index in [0.29, 0.717) is 17.9 Å². The van der Waals surface area contributed by atoms with Gasteiger partial charge in [0.15, 0.2) is 0 Å². The molecule has 0 fully saturated rings. The van der Waals surface area contributed by atoms with Gasteiger partial charge in [-0.25, -0.2) is 0 Å². The number of aromatic hydroxyl groups is 2. The summed E-state index contributed by atoms with van der Waals surface area (Å²) in [5.74, 6) is -1.70. The molecule has 0 amide bonds. The Balaban J connectivity index is 2.28. The van der Waals surface area contributed by atoms with Crippen LogP contribution in [0.1, 0.15) is 38.8 Å². The monoisotopic (exact) mass is 342 g/mol. The minimum Gasteiger partial charge on any atom is -0.507 e. The molecule has 3 rings (SSSR count). The normalized spacial score (nSPS) is 12.6. The maximum absolute atomic E-state index is 13.0. The number of phenols is 2. The van der Waals surface area contributed by atoms with Gasteiger partial charge < -0.3 is 26.0 Å². The van der Waals surface area contributed by atoms with Crippen LogP contribution in [0.25, 0.3) is 0 Å². The lowest BCUT2D eigenvalue weighted by Gasteiger charge is -2.24. The van der Waals surface area contributed by atoms with Crippen LogP contribution in [0.3, 0.4) is 0 Å². The molecule has 0 bridgehead atoms. The van der Waals surface area contributed by atoms with Crippen LogP contribution in [0.2, 0.25) is 0 Å². The Morgan fingerprint density at radius 2 is 1.28 bits per heavy atom. The number of hydrogen-bond donors (Lipinski definition) is 5. The van der Waals surface area contributed by atoms with Crippen LogP contribution in [0.15, 0.2) is 24.3 Å². The molecule has 2 aromatic carbocycles. The molecule has 2 aromatic rings. The van der Waals surface area contributed by atoms with Gasteiger partial charge in [-0.3, -0.25) is 9.59 Å². The number of anilines is 2. The highest BCUT2D eigenvalue weighted by atomic mass is 16.3. The first-order valence-electron chi connectivity index (χ1n) is 7.91. The van der Waals surface area contributed by atoms with Crippen LogP contribution in [0.4, 0.5) is 11.4 Å². The fourth-order valence-corrected chi connectivity index (χ4v) is 3.04. The van der Waals surface area contributed by atoms with Crippen LogP contribution < -0.4 is 10.6 Å². The summed E-state index contributed by atoms with van der Waals surface area (Å²) in [5, 5.41) is 35.2. The summed E-state index contributed by atoms with van der Waals surface area (Å²) >= 11 is 0. The zero-order chi connectivity index (χ0) is 18.1. The first-order chi connectivity index (χ1) is 12.0. The van der Waals surface area contributed by atoms with Gasteiger partial charge in [0.1, 0.15) is 11.5 Å². The van der Waals surface area contributed by atoms with Crippen LogP contribution in [0.5, 0.6) is 11.5 Å². The highest BCUT2D eigenvalue weighted by Crippen LogP contribution is 2.42. The lowest BCUT2D eigenvalue weighted by atomic mass is 9.81. The van der Waals surface area contributed by atoms with E-state index in [9.17, 15) is 19.8 Å². The van der Waals surface area contributed by atoms with E-state index in [2.05, 4.69) is 10.6 Å². The van der Waals surface area contributed by atoms with Crippen molar-refractivity contribution in [3.8, 4) is 11.5 Å². The van der Waals surface area contributed by atoms with Crippen molar-refractivity contribution in [2.45, 2.75) is 6.92 Å². The fraction of sp³-hybridized carbons (Fsp3) is 0.222. The highest BCUT2D eigenvalue weighted by molar-refractivity contribution is 6.33. The van der Waals surface area contributed by atoms with E-state index in [0.717, 1.165) is 0 Å². The zero-order valence-corrected chi connectivity index (χ0v) is 13.6. The number of rotatable bonds is 5. The molecular formula is C18H18N2O5. The molecule has 0 aliphatic heterocycles. The van der Waals surface area contributed by atoms with Gasteiger partial charge in [-0.2, -0.15) is 0 Å². The van der Waals surface area contributed by atoms with Crippen molar-refractivity contribution in [1.29, 1.82) is 0 Å². The fourth-order valence-electron chi connectivity index (χ4n) is 3.04. The van der Waals surface area contributed by atoms with E-state index >= 15 is 0 Å². The second-order valence-corrected chi connectivity index (χ2v) is 5.60. The van der Waals surface area contributed by atoms with E-state index in [1.54, 1.807) is 0 Å². The number of ketones is 2. The van der Waals surface area contributed by atoms with Crippen molar-refractivity contribution in [3.05, 3.63) is 46.5 Å². The van der Waals surface area contributed by atoms with Crippen molar-refractivity contribution in [1.82, 2.24) is 0 Å². The first kappa shape index (κ1) is 16.8. The molecule has 0 unspecified atom stereocenters. The van der Waals surface area contributed by atoms with Gasteiger partial charge in [0.05, 0.1) is 28.9 Å². The minimum absolute atomic E-state index is 0.00472. The second kappa shape index (κ2) is 6.45. The number of carbonyl (C=O) groups excluding carboxylic acids is 2. The van der Waals surface area contributed by atoms with Crippen LogP contribution >= 0.6 is 0 Å². The molecule has 0 aromatic heterocycles. The molecule has 0 heterocycles. The highest BCUT2D eigenvalue weighted by Gasteiger charge is 2.37. The summed E-state index contributed by atoms with van der Waals surface area (Å²) in [4.78, 5) is 26.0. The molecule has 1 aliphatic carbocycles. The number of hydrogen-bond acceptors (Lipinski definition) is 7. The second-order valence-electron chi connectivity index (χ2n) is 5.60. The number of aliphatic hydroxyl groups excluding tert-OH is 1. The molecule has 5 N–H and O–H groups in total. The summed E-state index contributed by atoms with van der Waals surface area (Å²) in [6, 6.07) is 5.67. The lowest BCUT2D eigenvalue weighted by molar-refractivity contribution is 0.0975. The molecular weight excluding hydrogens is 324 g/mol. The molecule has 1 aliphatic rings. The largest absolute Gasteiger partial charge is 0.507 e. The number of phenolic OH excluding ortho intramolecular Hbond substituents is 2. The Bertz CT molecular complexity index is 876. The summed E-state index contributed by atoms with van der Waals surface area (Å²) in [6.07, 6.45) is 0. The summed E-state index contributed by atoms with van der Waals surface area (Å²) in [5.41, 5.74) is 0.592. The number of nitrogens with one attached hydrogen (secondary N) is 2. The van der Waals surface area contributed by atoms with Crippen molar-refractivity contribution in [2.24, 2.45) is 0 Å². The third-order valence-electron chi connectivity index (χ3n) is 4.07. The average Bonchev–Trinajstić information content (AvgIpc) is 2.60. The Morgan fingerprint density at radius 3 is 1.72 bits per heavy atom. The SMILES string of the molecule is CCNc1ccc(O)c2c1C(=O)c1c(O)ccc(NCCO)c1C2=O. The number of benzene rings is 2. The number of aliphatic hydroxyl groups is 1. The van der Waals surface area contributed by atoms with Crippen LogP contribution in [-0.4, -0.2) is 46.6 Å². The van der Waals surface area contributed by atoms with Gasteiger partial charge >= 0.3 is 0 Å². The summed E-state index contributed by atoms with van der Waals surface area (Å²) in [6.45, 7) is 2.38. The van der Waals surface area contributed by atoms with Gasteiger partial charge in [-0.1, -0.05) is 0 Å². The van der Waals surface area contributed by atoms with E-state index in [1.165, 1.54) is 24.3 Å². The first-order valence-corrected chi connectivity index (χ1v) is 7.91. The predicted octanol–water partition coefficient (Wildman–Crippen LogP) is 1.71. The summed E-state index contributed by atoms with van der Waals surface area (Å²) < 4.78 is 0. The molecule has 0 saturated heterocycles.